The van der Waals surface area contributed by atoms with Crippen LogP contribution in [0, 0.1) is 0 Å². The molecule has 0 saturated carbocycles. The molecule has 1 aromatic carbocycles. The number of alkyl halides is 1. The van der Waals surface area contributed by atoms with E-state index in [1.165, 1.54) is 24.0 Å². The highest BCUT2D eigenvalue weighted by molar-refractivity contribution is 9.09. The van der Waals surface area contributed by atoms with Crippen molar-refractivity contribution in [2.45, 2.75) is 38.5 Å². The van der Waals surface area contributed by atoms with Crippen LogP contribution in [-0.2, 0) is 21.3 Å². The van der Waals surface area contributed by atoms with Crippen LogP contribution in [0.3, 0.4) is 0 Å². The fraction of sp³-hybridized carbons (Fsp3) is 0.600. The third-order valence-electron chi connectivity index (χ3n) is 3.18. The van der Waals surface area contributed by atoms with Crippen molar-refractivity contribution >= 4 is 26.2 Å². The Balaban J connectivity index is 2.94. The molecule has 0 N–H and O–H groups in total. The summed E-state index contributed by atoms with van der Waals surface area (Å²) in [6, 6.07) is 8.54. The SMILES string of the molecule is CCOC([SiH3])(OCC)c1ccccc1CCCCBr. The average molecular weight is 345 g/mol. The van der Waals surface area contributed by atoms with Crippen LogP contribution in [0.1, 0.15) is 37.8 Å². The Bertz CT molecular complexity index is 365. The molecule has 0 aliphatic rings. The van der Waals surface area contributed by atoms with Gasteiger partial charge in [-0.2, -0.15) is 0 Å². The summed E-state index contributed by atoms with van der Waals surface area (Å²) >= 11 is 3.49. The number of hydrogen-bond donors (Lipinski definition) is 0. The minimum atomic E-state index is -0.492. The summed E-state index contributed by atoms with van der Waals surface area (Å²) < 4.78 is 11.9. The Morgan fingerprint density at radius 2 is 1.74 bits per heavy atom. The number of unbranched alkanes of at least 4 members (excludes halogenated alkanes) is 1. The molecule has 0 bridgehead atoms. The van der Waals surface area contributed by atoms with Gasteiger partial charge in [0.15, 0.2) is 5.41 Å². The van der Waals surface area contributed by atoms with Crippen molar-refractivity contribution in [3.8, 4) is 0 Å². The maximum absolute atomic E-state index is 5.93. The smallest absolute Gasteiger partial charge is 0.166 e. The van der Waals surface area contributed by atoms with Gasteiger partial charge in [0.2, 0.25) is 0 Å². The van der Waals surface area contributed by atoms with E-state index in [2.05, 4.69) is 40.2 Å². The second kappa shape index (κ2) is 8.90. The molecule has 0 amide bonds. The topological polar surface area (TPSA) is 18.5 Å². The summed E-state index contributed by atoms with van der Waals surface area (Å²) in [5.41, 5.74) is 2.09. The minimum absolute atomic E-state index is 0.492. The van der Waals surface area contributed by atoms with E-state index in [9.17, 15) is 0 Å². The molecular weight excluding hydrogens is 320 g/mol. The predicted octanol–water partition coefficient (Wildman–Crippen LogP) is 2.95. The Kier molecular flexibility index (Phi) is 7.91. The third kappa shape index (κ3) is 5.03. The van der Waals surface area contributed by atoms with Crippen LogP contribution in [0.15, 0.2) is 24.3 Å². The van der Waals surface area contributed by atoms with Gasteiger partial charge >= 0.3 is 0 Å². The number of ether oxygens (including phenoxy) is 2. The number of halogens is 1. The van der Waals surface area contributed by atoms with Crippen LogP contribution < -0.4 is 0 Å². The van der Waals surface area contributed by atoms with Crippen LogP contribution in [0.5, 0.6) is 0 Å². The normalized spacial score (nSPS) is 11.9. The molecule has 1 rings (SSSR count). The number of hydrogen-bond acceptors (Lipinski definition) is 2. The van der Waals surface area contributed by atoms with Gasteiger partial charge in [-0.3, -0.25) is 0 Å². The van der Waals surface area contributed by atoms with Crippen molar-refractivity contribution in [2.75, 3.05) is 18.5 Å². The molecule has 0 spiro atoms. The maximum atomic E-state index is 5.93. The molecule has 108 valence electrons. The van der Waals surface area contributed by atoms with Crippen LogP contribution in [0.25, 0.3) is 0 Å². The molecule has 0 radical (unpaired) electrons. The first-order valence-corrected chi connectivity index (χ1v) is 9.22. The molecule has 0 aromatic heterocycles. The maximum Gasteiger partial charge on any atom is 0.166 e. The van der Waals surface area contributed by atoms with E-state index in [1.54, 1.807) is 0 Å². The van der Waals surface area contributed by atoms with Gasteiger partial charge in [0.1, 0.15) is 0 Å². The molecule has 0 fully saturated rings. The van der Waals surface area contributed by atoms with Crippen LogP contribution in [0.4, 0.5) is 0 Å². The summed E-state index contributed by atoms with van der Waals surface area (Å²) in [5.74, 6) is 0. The molecule has 0 aliphatic heterocycles. The highest BCUT2D eigenvalue weighted by Gasteiger charge is 2.29. The van der Waals surface area contributed by atoms with Gasteiger partial charge in [-0.05, 0) is 38.7 Å². The van der Waals surface area contributed by atoms with E-state index in [1.807, 2.05) is 13.8 Å². The monoisotopic (exact) mass is 344 g/mol. The molecule has 1 aromatic rings. The van der Waals surface area contributed by atoms with Gasteiger partial charge in [-0.15, -0.1) is 0 Å². The van der Waals surface area contributed by atoms with Crippen molar-refractivity contribution < 1.29 is 9.47 Å². The van der Waals surface area contributed by atoms with Gasteiger partial charge < -0.3 is 9.47 Å². The molecule has 0 saturated heterocycles. The quantitative estimate of drug-likeness (QED) is 0.297. The molecule has 2 nitrogen and oxygen atoms in total. The van der Waals surface area contributed by atoms with Crippen molar-refractivity contribution in [3.05, 3.63) is 35.4 Å². The van der Waals surface area contributed by atoms with Crippen LogP contribution in [0.2, 0.25) is 0 Å². The van der Waals surface area contributed by atoms with Gasteiger partial charge in [-0.1, -0.05) is 40.2 Å². The van der Waals surface area contributed by atoms with Gasteiger partial charge in [-0.25, -0.2) is 0 Å². The van der Waals surface area contributed by atoms with E-state index < -0.39 is 5.41 Å². The zero-order valence-electron chi connectivity index (χ0n) is 12.2. The first-order chi connectivity index (χ1) is 9.18. The lowest BCUT2D eigenvalue weighted by Crippen LogP contribution is -2.35. The van der Waals surface area contributed by atoms with Crippen LogP contribution in [-0.4, -0.2) is 28.8 Å². The van der Waals surface area contributed by atoms with Crippen molar-refractivity contribution in [1.29, 1.82) is 0 Å². The highest BCUT2D eigenvalue weighted by atomic mass is 79.9. The Morgan fingerprint density at radius 1 is 1.11 bits per heavy atom. The summed E-state index contributed by atoms with van der Waals surface area (Å²) in [6.07, 6.45) is 3.48. The predicted molar refractivity (Wildman–Crippen MR) is 88.0 cm³/mol. The first-order valence-electron chi connectivity index (χ1n) is 7.10. The summed E-state index contributed by atoms with van der Waals surface area (Å²) in [5, 5.41) is 1.07. The molecule has 19 heavy (non-hydrogen) atoms. The third-order valence-corrected chi connectivity index (χ3v) is 4.85. The zero-order valence-corrected chi connectivity index (χ0v) is 15.8. The fourth-order valence-electron chi connectivity index (χ4n) is 2.34. The molecule has 0 aliphatic carbocycles. The lowest BCUT2D eigenvalue weighted by atomic mass is 10.0. The number of rotatable bonds is 9. The average Bonchev–Trinajstić information content (AvgIpc) is 2.40. The highest BCUT2D eigenvalue weighted by Crippen LogP contribution is 2.28. The zero-order chi connectivity index (χ0) is 14.1. The minimum Gasteiger partial charge on any atom is -0.351 e. The lowest BCUT2D eigenvalue weighted by Gasteiger charge is -2.32. The van der Waals surface area contributed by atoms with Crippen molar-refractivity contribution in [3.63, 3.8) is 0 Å². The first kappa shape index (κ1) is 16.9. The standard InChI is InChI=1S/C15H25BrO2Si/c1-3-17-15(19,18-4-2)14-11-6-5-9-13(14)10-7-8-12-16/h5-6,9,11H,3-4,7-8,10,12H2,1-2,19H3. The Hall–Kier alpha value is -0.163. The van der Waals surface area contributed by atoms with E-state index >= 15 is 0 Å². The summed E-state index contributed by atoms with van der Waals surface area (Å²) in [6.45, 7) is 5.41. The van der Waals surface area contributed by atoms with Gasteiger partial charge in [0, 0.05) is 24.1 Å². The lowest BCUT2D eigenvalue weighted by molar-refractivity contribution is -0.180. The summed E-state index contributed by atoms with van der Waals surface area (Å²) in [7, 11) is 0.830. The van der Waals surface area contributed by atoms with Gasteiger partial charge in [0.25, 0.3) is 0 Å². The Morgan fingerprint density at radius 3 is 2.32 bits per heavy atom. The largest absolute Gasteiger partial charge is 0.351 e. The second-order valence-corrected chi connectivity index (χ2v) is 6.72. The summed E-state index contributed by atoms with van der Waals surface area (Å²) in [4.78, 5) is 0. The fourth-order valence-corrected chi connectivity index (χ4v) is 3.80. The van der Waals surface area contributed by atoms with Crippen molar-refractivity contribution in [1.82, 2.24) is 0 Å². The number of benzene rings is 1. The van der Waals surface area contributed by atoms with E-state index in [0.29, 0.717) is 13.2 Å². The van der Waals surface area contributed by atoms with E-state index in [-0.39, 0.29) is 0 Å². The number of aryl methyl sites for hydroxylation is 1. The Labute approximate surface area is 128 Å². The molecular formula is C15H25BrO2Si. The molecule has 0 atom stereocenters. The van der Waals surface area contributed by atoms with Crippen LogP contribution >= 0.6 is 15.9 Å². The molecule has 0 heterocycles. The van der Waals surface area contributed by atoms with Crippen molar-refractivity contribution in [2.24, 2.45) is 0 Å². The van der Waals surface area contributed by atoms with Gasteiger partial charge in [0.05, 0.1) is 10.2 Å². The molecule has 4 heteroatoms. The second-order valence-electron chi connectivity index (χ2n) is 4.61. The molecule has 0 unspecified atom stereocenters. The van der Waals surface area contributed by atoms with E-state index in [4.69, 9.17) is 9.47 Å². The van der Waals surface area contributed by atoms with E-state index in [0.717, 1.165) is 22.0 Å².